The Bertz CT molecular complexity index is 634. The van der Waals surface area contributed by atoms with E-state index >= 15 is 0 Å². The minimum Gasteiger partial charge on any atom is -0.467 e. The molecule has 2 rings (SSSR count). The molecule has 2 aromatic rings. The number of anilines is 2. The highest BCUT2D eigenvalue weighted by atomic mass is 35.5. The van der Waals surface area contributed by atoms with Gasteiger partial charge >= 0.3 is 6.01 Å². The average molecular weight is 310 g/mol. The fourth-order valence-corrected chi connectivity index (χ4v) is 1.81. The Balaban J connectivity index is 2.32. The highest BCUT2D eigenvalue weighted by Gasteiger charge is 2.11. The van der Waals surface area contributed by atoms with Gasteiger partial charge in [0, 0.05) is 18.3 Å². The van der Waals surface area contributed by atoms with E-state index in [1.807, 2.05) is 24.3 Å². The van der Waals surface area contributed by atoms with Crippen molar-refractivity contribution in [3.8, 4) is 6.01 Å². The van der Waals surface area contributed by atoms with E-state index in [1.54, 1.807) is 11.9 Å². The SMILES string of the molecule is COc1nc(Cl)nc(N(C)c2ccc(C(N)=S)cc2)n1. The lowest BCUT2D eigenvalue weighted by Gasteiger charge is -2.17. The molecule has 0 spiro atoms. The lowest BCUT2D eigenvalue weighted by atomic mass is 10.2. The van der Waals surface area contributed by atoms with E-state index in [0.29, 0.717) is 10.9 Å². The number of rotatable bonds is 4. The first kappa shape index (κ1) is 14.4. The van der Waals surface area contributed by atoms with Crippen molar-refractivity contribution in [2.24, 2.45) is 5.73 Å². The number of nitrogens with zero attached hydrogens (tertiary/aromatic N) is 4. The molecule has 1 aromatic carbocycles. The monoisotopic (exact) mass is 309 g/mol. The van der Waals surface area contributed by atoms with Gasteiger partial charge in [0.15, 0.2) is 0 Å². The third kappa shape index (κ3) is 3.12. The lowest BCUT2D eigenvalue weighted by molar-refractivity contribution is 0.378. The normalized spacial score (nSPS) is 10.2. The molecule has 20 heavy (non-hydrogen) atoms. The number of hydrogen-bond acceptors (Lipinski definition) is 6. The van der Waals surface area contributed by atoms with E-state index in [0.717, 1.165) is 11.3 Å². The van der Waals surface area contributed by atoms with Crippen LogP contribution in [0.1, 0.15) is 5.56 Å². The summed E-state index contributed by atoms with van der Waals surface area (Å²) in [5.41, 5.74) is 7.21. The summed E-state index contributed by atoms with van der Waals surface area (Å²) in [5, 5.41) is 0.0680. The maximum Gasteiger partial charge on any atom is 0.322 e. The molecule has 0 radical (unpaired) electrons. The largest absolute Gasteiger partial charge is 0.467 e. The van der Waals surface area contributed by atoms with Gasteiger partial charge < -0.3 is 15.4 Å². The van der Waals surface area contributed by atoms with Crippen molar-refractivity contribution in [3.05, 3.63) is 35.1 Å². The van der Waals surface area contributed by atoms with Crippen LogP contribution < -0.4 is 15.4 Å². The van der Waals surface area contributed by atoms with Crippen LogP contribution in [0.2, 0.25) is 5.28 Å². The molecular weight excluding hydrogens is 298 g/mol. The van der Waals surface area contributed by atoms with Crippen molar-refractivity contribution in [2.45, 2.75) is 0 Å². The summed E-state index contributed by atoms with van der Waals surface area (Å²) in [6, 6.07) is 7.53. The van der Waals surface area contributed by atoms with Gasteiger partial charge in [-0.25, -0.2) is 0 Å². The summed E-state index contributed by atoms with van der Waals surface area (Å²) >= 11 is 10.7. The molecule has 8 heteroatoms. The molecule has 0 atom stereocenters. The smallest absolute Gasteiger partial charge is 0.322 e. The van der Waals surface area contributed by atoms with Crippen LogP contribution in [0.5, 0.6) is 6.01 Å². The van der Waals surface area contributed by atoms with Crippen molar-refractivity contribution < 1.29 is 4.74 Å². The van der Waals surface area contributed by atoms with E-state index in [4.69, 9.17) is 34.3 Å². The molecule has 1 heterocycles. The number of nitrogens with two attached hydrogens (primary N) is 1. The maximum atomic E-state index is 5.82. The zero-order valence-electron chi connectivity index (χ0n) is 10.9. The first-order chi connectivity index (χ1) is 9.51. The van der Waals surface area contributed by atoms with Crippen LogP contribution in [-0.4, -0.2) is 34.1 Å². The molecule has 0 saturated carbocycles. The van der Waals surface area contributed by atoms with Gasteiger partial charge in [0.25, 0.3) is 0 Å². The molecule has 0 aliphatic carbocycles. The van der Waals surface area contributed by atoms with Crippen molar-refractivity contribution in [3.63, 3.8) is 0 Å². The van der Waals surface area contributed by atoms with Crippen LogP contribution in [-0.2, 0) is 0 Å². The fraction of sp³-hybridized carbons (Fsp3) is 0.167. The Morgan fingerprint density at radius 1 is 1.25 bits per heavy atom. The quantitative estimate of drug-likeness (QED) is 0.865. The maximum absolute atomic E-state index is 5.82. The van der Waals surface area contributed by atoms with Gasteiger partial charge in [-0.05, 0) is 35.9 Å². The number of ether oxygens (including phenoxy) is 1. The number of thiocarbonyl (C=S) groups is 1. The second-order valence-electron chi connectivity index (χ2n) is 3.86. The van der Waals surface area contributed by atoms with Crippen LogP contribution in [0, 0.1) is 0 Å². The minimum absolute atomic E-state index is 0.0680. The van der Waals surface area contributed by atoms with Gasteiger partial charge in [-0.3, -0.25) is 0 Å². The lowest BCUT2D eigenvalue weighted by Crippen LogP contribution is -2.15. The summed E-state index contributed by atoms with van der Waals surface area (Å²) in [4.78, 5) is 14.1. The summed E-state index contributed by atoms with van der Waals surface area (Å²) in [6.45, 7) is 0. The van der Waals surface area contributed by atoms with Gasteiger partial charge in [-0.1, -0.05) is 12.2 Å². The third-order valence-corrected chi connectivity index (χ3v) is 3.00. The zero-order valence-corrected chi connectivity index (χ0v) is 12.4. The summed E-state index contributed by atoms with van der Waals surface area (Å²) in [7, 11) is 3.27. The topological polar surface area (TPSA) is 77.2 Å². The first-order valence-electron chi connectivity index (χ1n) is 5.60. The number of aromatic nitrogens is 3. The van der Waals surface area contributed by atoms with Gasteiger partial charge in [-0.15, -0.1) is 0 Å². The molecule has 0 aliphatic heterocycles. The molecule has 0 unspecified atom stereocenters. The Kier molecular flexibility index (Phi) is 4.31. The van der Waals surface area contributed by atoms with Crippen LogP contribution in [0.25, 0.3) is 0 Å². The number of methoxy groups -OCH3 is 1. The van der Waals surface area contributed by atoms with Gasteiger partial charge in [0.2, 0.25) is 11.2 Å². The molecular formula is C12H12ClN5OS. The molecule has 6 nitrogen and oxygen atoms in total. The highest BCUT2D eigenvalue weighted by Crippen LogP contribution is 2.22. The van der Waals surface area contributed by atoms with Crippen LogP contribution in [0.3, 0.4) is 0 Å². The third-order valence-electron chi connectivity index (χ3n) is 2.60. The van der Waals surface area contributed by atoms with Gasteiger partial charge in [0.1, 0.15) is 4.99 Å². The molecule has 104 valence electrons. The number of hydrogen-bond donors (Lipinski definition) is 1. The van der Waals surface area contributed by atoms with Crippen LogP contribution in [0.4, 0.5) is 11.6 Å². The number of benzene rings is 1. The van der Waals surface area contributed by atoms with E-state index in [9.17, 15) is 0 Å². The van der Waals surface area contributed by atoms with Crippen molar-refractivity contribution in [1.82, 2.24) is 15.0 Å². The number of halogens is 1. The summed E-state index contributed by atoms with van der Waals surface area (Å²) in [6.07, 6.45) is 0. The summed E-state index contributed by atoms with van der Waals surface area (Å²) < 4.78 is 4.97. The van der Waals surface area contributed by atoms with E-state index < -0.39 is 0 Å². The zero-order chi connectivity index (χ0) is 14.7. The van der Waals surface area contributed by atoms with Crippen molar-refractivity contribution in [2.75, 3.05) is 19.1 Å². The highest BCUT2D eigenvalue weighted by molar-refractivity contribution is 7.80. The second-order valence-corrected chi connectivity index (χ2v) is 4.64. The molecule has 0 bridgehead atoms. The molecule has 2 N–H and O–H groups in total. The predicted molar refractivity (Wildman–Crippen MR) is 81.8 cm³/mol. The minimum atomic E-state index is 0.0680. The fourth-order valence-electron chi connectivity index (χ4n) is 1.53. The molecule has 0 saturated heterocycles. The first-order valence-corrected chi connectivity index (χ1v) is 6.39. The molecule has 0 amide bonds. The van der Waals surface area contributed by atoms with Crippen molar-refractivity contribution >= 4 is 40.4 Å². The van der Waals surface area contributed by atoms with Gasteiger partial charge in [0.05, 0.1) is 7.11 Å². The standard InChI is InChI=1S/C12H12ClN5OS/c1-18(8-5-3-7(4-6-8)9(14)20)11-15-10(13)16-12(17-11)19-2/h3-6H,1-2H3,(H2,14,20). The predicted octanol–water partition coefficient (Wildman–Crippen LogP) is 1.94. The Morgan fingerprint density at radius 3 is 2.45 bits per heavy atom. The Labute approximate surface area is 126 Å². The molecule has 0 fully saturated rings. The van der Waals surface area contributed by atoms with E-state index in [2.05, 4.69) is 15.0 Å². The Hall–Kier alpha value is -1.99. The van der Waals surface area contributed by atoms with E-state index in [-0.39, 0.29) is 11.3 Å². The van der Waals surface area contributed by atoms with Gasteiger partial charge in [-0.2, -0.15) is 15.0 Å². The van der Waals surface area contributed by atoms with Crippen LogP contribution in [0.15, 0.2) is 24.3 Å². The molecule has 1 aromatic heterocycles. The van der Waals surface area contributed by atoms with E-state index in [1.165, 1.54) is 7.11 Å². The van der Waals surface area contributed by atoms with Crippen LogP contribution >= 0.6 is 23.8 Å². The second kappa shape index (κ2) is 5.98. The summed E-state index contributed by atoms with van der Waals surface area (Å²) in [5.74, 6) is 0.380. The Morgan fingerprint density at radius 2 is 1.90 bits per heavy atom. The van der Waals surface area contributed by atoms with Crippen molar-refractivity contribution in [1.29, 1.82) is 0 Å². The average Bonchev–Trinajstić information content (AvgIpc) is 2.45. The molecule has 0 aliphatic rings.